The highest BCUT2D eigenvalue weighted by Gasteiger charge is 2.18. The lowest BCUT2D eigenvalue weighted by Gasteiger charge is -2.05. The first-order chi connectivity index (χ1) is 8.24. The van der Waals surface area contributed by atoms with Crippen molar-refractivity contribution in [3.63, 3.8) is 0 Å². The molecule has 2 aromatic rings. The van der Waals surface area contributed by atoms with Gasteiger partial charge in [0.15, 0.2) is 0 Å². The summed E-state index contributed by atoms with van der Waals surface area (Å²) in [5, 5.41) is 9.44. The summed E-state index contributed by atoms with van der Waals surface area (Å²) < 4.78 is 2.01. The highest BCUT2D eigenvalue weighted by atomic mass is 15.3. The summed E-state index contributed by atoms with van der Waals surface area (Å²) in [6.45, 7) is 4.45. The van der Waals surface area contributed by atoms with Crippen LogP contribution in [-0.2, 0) is 13.5 Å². The molecule has 0 bridgehead atoms. The summed E-state index contributed by atoms with van der Waals surface area (Å²) in [6.07, 6.45) is 2.39. The van der Waals surface area contributed by atoms with Crippen LogP contribution >= 0.6 is 0 Å². The number of hydrogen-bond acceptors (Lipinski definition) is 2. The van der Waals surface area contributed by atoms with E-state index in [9.17, 15) is 0 Å². The molecule has 90 valence electrons. The molecule has 3 heteroatoms. The summed E-state index contributed by atoms with van der Waals surface area (Å²) >= 11 is 0. The monoisotopic (exact) mass is 229 g/mol. The van der Waals surface area contributed by atoms with Crippen LogP contribution in [0.3, 0.4) is 0 Å². The molecule has 2 heterocycles. The van der Waals surface area contributed by atoms with E-state index < -0.39 is 0 Å². The molecule has 1 unspecified atom stereocenters. The van der Waals surface area contributed by atoms with Crippen molar-refractivity contribution in [3.05, 3.63) is 29.5 Å². The molecule has 3 rings (SSSR count). The molecule has 1 saturated heterocycles. The molecule has 1 fully saturated rings. The van der Waals surface area contributed by atoms with E-state index in [4.69, 9.17) is 0 Å². The average Bonchev–Trinajstić information content (AvgIpc) is 2.89. The maximum Gasteiger partial charge on any atom is 0.0706 e. The van der Waals surface area contributed by atoms with Gasteiger partial charge in [0.25, 0.3) is 0 Å². The first-order valence-corrected chi connectivity index (χ1v) is 6.37. The zero-order chi connectivity index (χ0) is 11.8. The van der Waals surface area contributed by atoms with E-state index >= 15 is 0 Å². The molecule has 0 saturated carbocycles. The first kappa shape index (κ1) is 10.8. The minimum absolute atomic E-state index is 0.758. The average molecular weight is 229 g/mol. The van der Waals surface area contributed by atoms with Crippen LogP contribution in [-0.4, -0.2) is 22.9 Å². The summed E-state index contributed by atoms with van der Waals surface area (Å²) in [5.74, 6) is 0.758. The van der Waals surface area contributed by atoms with E-state index in [0.717, 1.165) is 25.4 Å². The highest BCUT2D eigenvalue weighted by Crippen LogP contribution is 2.23. The van der Waals surface area contributed by atoms with Crippen molar-refractivity contribution >= 4 is 10.9 Å². The van der Waals surface area contributed by atoms with Gasteiger partial charge in [-0.2, -0.15) is 5.10 Å². The number of hydrogen-bond donors (Lipinski definition) is 1. The number of aromatic nitrogens is 2. The van der Waals surface area contributed by atoms with Crippen molar-refractivity contribution < 1.29 is 0 Å². The molecule has 0 spiro atoms. The zero-order valence-corrected chi connectivity index (χ0v) is 10.5. The predicted octanol–water partition coefficient (Wildman–Crippen LogP) is 2.03. The van der Waals surface area contributed by atoms with Gasteiger partial charge >= 0.3 is 0 Å². The summed E-state index contributed by atoms with van der Waals surface area (Å²) in [7, 11) is 2.04. The second-order valence-electron chi connectivity index (χ2n) is 5.15. The molecule has 1 aromatic carbocycles. The SMILES string of the molecule is Cc1ccc2c(c1)c(CC1CCNC1)nn2C. The highest BCUT2D eigenvalue weighted by molar-refractivity contribution is 5.82. The Bertz CT molecular complexity index is 536. The van der Waals surface area contributed by atoms with Gasteiger partial charge in [0.1, 0.15) is 0 Å². The van der Waals surface area contributed by atoms with Crippen LogP contribution in [0.5, 0.6) is 0 Å². The van der Waals surface area contributed by atoms with Crippen LogP contribution in [0.2, 0.25) is 0 Å². The van der Waals surface area contributed by atoms with Gasteiger partial charge in [-0.25, -0.2) is 0 Å². The predicted molar refractivity (Wildman–Crippen MR) is 70.1 cm³/mol. The van der Waals surface area contributed by atoms with Gasteiger partial charge in [-0.1, -0.05) is 11.6 Å². The van der Waals surface area contributed by atoms with Crippen molar-refractivity contribution in [3.8, 4) is 0 Å². The smallest absolute Gasteiger partial charge is 0.0706 e. The third-order valence-electron chi connectivity index (χ3n) is 3.73. The van der Waals surface area contributed by atoms with Gasteiger partial charge in [0.05, 0.1) is 11.2 Å². The van der Waals surface area contributed by atoms with Crippen LogP contribution in [0.25, 0.3) is 10.9 Å². The molecule has 1 atom stereocenters. The minimum atomic E-state index is 0.758. The Labute approximate surface area is 102 Å². The second-order valence-corrected chi connectivity index (χ2v) is 5.15. The van der Waals surface area contributed by atoms with E-state index in [0.29, 0.717) is 0 Å². The molecule has 3 nitrogen and oxygen atoms in total. The fraction of sp³-hybridized carbons (Fsp3) is 0.500. The number of nitrogens with zero attached hydrogens (tertiary/aromatic N) is 2. The molecule has 1 N–H and O–H groups in total. The third kappa shape index (κ3) is 1.95. The molecule has 0 aliphatic carbocycles. The Kier molecular flexibility index (Phi) is 2.63. The van der Waals surface area contributed by atoms with Gasteiger partial charge in [-0.3, -0.25) is 4.68 Å². The van der Waals surface area contributed by atoms with Crippen molar-refractivity contribution in [2.24, 2.45) is 13.0 Å². The van der Waals surface area contributed by atoms with Gasteiger partial charge < -0.3 is 5.32 Å². The van der Waals surface area contributed by atoms with Crippen LogP contribution in [0.4, 0.5) is 0 Å². The lowest BCUT2D eigenvalue weighted by molar-refractivity contribution is 0.567. The Morgan fingerprint density at radius 1 is 1.47 bits per heavy atom. The molecule has 1 aromatic heterocycles. The van der Waals surface area contributed by atoms with E-state index in [1.807, 2.05) is 11.7 Å². The molecule has 0 radical (unpaired) electrons. The Balaban J connectivity index is 2.00. The lowest BCUT2D eigenvalue weighted by atomic mass is 10.00. The number of rotatable bonds is 2. The fourth-order valence-corrected chi connectivity index (χ4v) is 2.76. The standard InChI is InChI=1S/C14H19N3/c1-10-3-4-14-12(7-10)13(16-17(14)2)8-11-5-6-15-9-11/h3-4,7,11,15H,5-6,8-9H2,1-2H3. The van der Waals surface area contributed by atoms with Crippen molar-refractivity contribution in [1.29, 1.82) is 0 Å². The van der Waals surface area contributed by atoms with Crippen LogP contribution in [0, 0.1) is 12.8 Å². The Morgan fingerprint density at radius 2 is 2.35 bits per heavy atom. The fourth-order valence-electron chi connectivity index (χ4n) is 2.76. The minimum Gasteiger partial charge on any atom is -0.316 e. The topological polar surface area (TPSA) is 29.9 Å². The zero-order valence-electron chi connectivity index (χ0n) is 10.5. The van der Waals surface area contributed by atoms with Crippen molar-refractivity contribution in [2.45, 2.75) is 19.8 Å². The van der Waals surface area contributed by atoms with Crippen molar-refractivity contribution in [2.75, 3.05) is 13.1 Å². The first-order valence-electron chi connectivity index (χ1n) is 6.37. The molecule has 1 aliphatic rings. The number of fused-ring (bicyclic) bond motifs is 1. The quantitative estimate of drug-likeness (QED) is 0.854. The van der Waals surface area contributed by atoms with E-state index in [1.54, 1.807) is 0 Å². The molecule has 17 heavy (non-hydrogen) atoms. The lowest BCUT2D eigenvalue weighted by Crippen LogP contribution is -2.11. The maximum atomic E-state index is 4.68. The molecular formula is C14H19N3. The maximum absolute atomic E-state index is 4.68. The number of aryl methyl sites for hydroxylation is 2. The van der Waals surface area contributed by atoms with Crippen LogP contribution in [0.15, 0.2) is 18.2 Å². The molecule has 0 amide bonds. The van der Waals surface area contributed by atoms with Crippen LogP contribution < -0.4 is 5.32 Å². The van der Waals surface area contributed by atoms with Gasteiger partial charge in [-0.15, -0.1) is 0 Å². The van der Waals surface area contributed by atoms with E-state index in [-0.39, 0.29) is 0 Å². The van der Waals surface area contributed by atoms with Gasteiger partial charge in [0, 0.05) is 12.4 Å². The summed E-state index contributed by atoms with van der Waals surface area (Å²) in [6, 6.07) is 6.60. The summed E-state index contributed by atoms with van der Waals surface area (Å²) in [5.41, 5.74) is 3.83. The van der Waals surface area contributed by atoms with E-state index in [1.165, 1.54) is 28.6 Å². The largest absolute Gasteiger partial charge is 0.316 e. The van der Waals surface area contributed by atoms with Gasteiger partial charge in [-0.05, 0) is 50.9 Å². The number of nitrogens with one attached hydrogen (secondary N) is 1. The molecular weight excluding hydrogens is 210 g/mol. The normalized spacial score (nSPS) is 20.2. The van der Waals surface area contributed by atoms with Gasteiger partial charge in [0.2, 0.25) is 0 Å². The van der Waals surface area contributed by atoms with E-state index in [2.05, 4.69) is 35.5 Å². The summed E-state index contributed by atoms with van der Waals surface area (Å²) in [4.78, 5) is 0. The van der Waals surface area contributed by atoms with Crippen molar-refractivity contribution in [1.82, 2.24) is 15.1 Å². The Morgan fingerprint density at radius 3 is 3.12 bits per heavy atom. The number of benzene rings is 1. The molecule has 1 aliphatic heterocycles. The Hall–Kier alpha value is -1.35. The third-order valence-corrected chi connectivity index (χ3v) is 3.73. The van der Waals surface area contributed by atoms with Crippen LogP contribution in [0.1, 0.15) is 17.7 Å². The second kappa shape index (κ2) is 4.15.